The zero-order valence-corrected chi connectivity index (χ0v) is 17.6. The Kier molecular flexibility index (Phi) is 8.77. The van der Waals surface area contributed by atoms with Crippen LogP contribution in [0.4, 0.5) is 0 Å². The second kappa shape index (κ2) is 10.3. The van der Waals surface area contributed by atoms with Crippen LogP contribution in [0.5, 0.6) is 0 Å². The van der Waals surface area contributed by atoms with E-state index in [0.717, 1.165) is 47.9 Å². The summed E-state index contributed by atoms with van der Waals surface area (Å²) in [6, 6.07) is 0. The Morgan fingerprint density at radius 3 is 2.36 bits per heavy atom. The fraction of sp³-hybridized carbons (Fsp3) is 0.875. The van der Waals surface area contributed by atoms with Crippen molar-refractivity contribution in [2.45, 2.75) is 48.9 Å². The SMILES string of the molecule is O=C(CC[I-]C1CCCN(C(=O)CCI)C1)N1CCCCC1. The summed E-state index contributed by atoms with van der Waals surface area (Å²) in [4.78, 5) is 28.3. The molecule has 1 atom stereocenters. The van der Waals surface area contributed by atoms with E-state index >= 15 is 0 Å². The monoisotopic (exact) mass is 533 g/mol. The van der Waals surface area contributed by atoms with Gasteiger partial charge in [0, 0.05) is 0 Å². The van der Waals surface area contributed by atoms with E-state index in [9.17, 15) is 9.59 Å². The van der Waals surface area contributed by atoms with E-state index < -0.39 is 0 Å². The number of amides is 2. The molecule has 2 aliphatic rings. The van der Waals surface area contributed by atoms with E-state index in [2.05, 4.69) is 32.4 Å². The molecule has 0 bridgehead atoms. The van der Waals surface area contributed by atoms with Crippen LogP contribution in [0.1, 0.15) is 44.9 Å². The topological polar surface area (TPSA) is 40.6 Å². The summed E-state index contributed by atoms with van der Waals surface area (Å²) in [6.45, 7) is 3.85. The number of carbonyl (C=O) groups is 2. The van der Waals surface area contributed by atoms with E-state index in [1.807, 2.05) is 0 Å². The molecule has 0 radical (unpaired) electrons. The molecule has 2 amide bonds. The first-order valence-electron chi connectivity index (χ1n) is 8.40. The third-order valence-corrected chi connectivity index (χ3v) is 8.33. The molecule has 0 N–H and O–H groups in total. The van der Waals surface area contributed by atoms with E-state index in [-0.39, 0.29) is 21.2 Å². The first kappa shape index (κ1) is 18.7. The summed E-state index contributed by atoms with van der Waals surface area (Å²) < 4.78 is 2.71. The van der Waals surface area contributed by atoms with Crippen LogP contribution in [-0.4, -0.2) is 60.6 Å². The number of hydrogen-bond acceptors (Lipinski definition) is 2. The molecule has 0 aromatic carbocycles. The summed E-state index contributed by atoms with van der Waals surface area (Å²) in [5.74, 6) is 0.695. The van der Waals surface area contributed by atoms with E-state index in [4.69, 9.17) is 0 Å². The molecule has 6 heteroatoms. The molecule has 0 spiro atoms. The Balaban J connectivity index is 1.65. The molecule has 0 aliphatic carbocycles. The third-order valence-electron chi connectivity index (χ3n) is 4.37. The van der Waals surface area contributed by atoms with Gasteiger partial charge in [0.1, 0.15) is 0 Å². The molecule has 2 fully saturated rings. The van der Waals surface area contributed by atoms with Gasteiger partial charge in [-0.1, -0.05) is 0 Å². The van der Waals surface area contributed by atoms with Crippen molar-refractivity contribution in [3.63, 3.8) is 0 Å². The summed E-state index contributed by atoms with van der Waals surface area (Å²) in [6.07, 6.45) is 7.47. The molecule has 1 unspecified atom stereocenters. The number of hydrogen-bond donors (Lipinski definition) is 0. The van der Waals surface area contributed by atoms with Crippen molar-refractivity contribution in [2.24, 2.45) is 0 Å². The summed E-state index contributed by atoms with van der Waals surface area (Å²) in [5, 5.41) is 0. The fourth-order valence-electron chi connectivity index (χ4n) is 3.11. The van der Waals surface area contributed by atoms with Crippen molar-refractivity contribution in [1.82, 2.24) is 9.80 Å². The summed E-state index contributed by atoms with van der Waals surface area (Å²) in [5.41, 5.74) is 0. The third kappa shape index (κ3) is 6.13. The molecule has 22 heavy (non-hydrogen) atoms. The van der Waals surface area contributed by atoms with Crippen molar-refractivity contribution in [3.05, 3.63) is 0 Å². The minimum atomic E-state index is 0.0417. The second-order valence-corrected chi connectivity index (χ2v) is 10.9. The van der Waals surface area contributed by atoms with Crippen LogP contribution in [0.25, 0.3) is 0 Å². The molecule has 2 rings (SSSR count). The Bertz CT molecular complexity index is 373. The van der Waals surface area contributed by atoms with Gasteiger partial charge in [-0.05, 0) is 0 Å². The van der Waals surface area contributed by atoms with Crippen molar-refractivity contribution >= 4 is 34.4 Å². The van der Waals surface area contributed by atoms with Gasteiger partial charge in [-0.25, -0.2) is 0 Å². The average molecular weight is 533 g/mol. The van der Waals surface area contributed by atoms with Gasteiger partial charge < -0.3 is 0 Å². The van der Waals surface area contributed by atoms with Gasteiger partial charge in [0.05, 0.1) is 0 Å². The van der Waals surface area contributed by atoms with Gasteiger partial charge in [0.2, 0.25) is 0 Å². The Hall–Kier alpha value is 0.400. The standard InChI is InChI=1S/C16H27I2N2O2/c17-8-6-15(21)20-12-4-5-14(13-20)18-9-7-16(22)19-10-2-1-3-11-19/h14H,1-13H2/q-1. The molecule has 2 aliphatic heterocycles. The van der Waals surface area contributed by atoms with Crippen LogP contribution in [0, 0.1) is 0 Å². The van der Waals surface area contributed by atoms with E-state index in [1.165, 1.54) is 25.7 Å². The summed E-state index contributed by atoms with van der Waals surface area (Å²) in [7, 11) is 0. The van der Waals surface area contributed by atoms with Crippen molar-refractivity contribution < 1.29 is 30.8 Å². The predicted molar refractivity (Wildman–Crippen MR) is 93.0 cm³/mol. The quantitative estimate of drug-likeness (QED) is 0.335. The molecular weight excluding hydrogens is 506 g/mol. The molecule has 4 nitrogen and oxygen atoms in total. The maximum atomic E-state index is 12.2. The molecule has 2 saturated heterocycles. The van der Waals surface area contributed by atoms with Gasteiger partial charge in [0.25, 0.3) is 0 Å². The van der Waals surface area contributed by atoms with Gasteiger partial charge >= 0.3 is 159 Å². The van der Waals surface area contributed by atoms with Crippen molar-refractivity contribution in [1.29, 1.82) is 0 Å². The molecule has 0 aromatic heterocycles. The number of rotatable bonds is 6. The van der Waals surface area contributed by atoms with Crippen LogP contribution >= 0.6 is 22.6 Å². The number of nitrogens with zero attached hydrogens (tertiary/aromatic N) is 2. The van der Waals surface area contributed by atoms with Gasteiger partial charge in [0.15, 0.2) is 0 Å². The van der Waals surface area contributed by atoms with Crippen LogP contribution < -0.4 is 21.2 Å². The Morgan fingerprint density at radius 1 is 0.955 bits per heavy atom. The molecule has 2 heterocycles. The molecule has 0 aromatic rings. The van der Waals surface area contributed by atoms with Gasteiger partial charge in [-0.2, -0.15) is 0 Å². The van der Waals surface area contributed by atoms with Crippen molar-refractivity contribution in [2.75, 3.05) is 35.0 Å². The Labute approximate surface area is 158 Å². The first-order valence-corrected chi connectivity index (χ1v) is 12.7. The fourth-order valence-corrected chi connectivity index (χ4v) is 6.86. The normalized spacial score (nSPS) is 22.9. The minimum absolute atomic E-state index is 0.0417. The number of piperidine rings is 2. The zero-order valence-electron chi connectivity index (χ0n) is 13.2. The van der Waals surface area contributed by atoms with Crippen LogP contribution in [0.3, 0.4) is 0 Å². The predicted octanol–water partition coefficient (Wildman–Crippen LogP) is -0.706. The molecule has 0 saturated carbocycles. The van der Waals surface area contributed by atoms with Gasteiger partial charge in [-0.15, -0.1) is 0 Å². The number of alkyl halides is 3. The first-order chi connectivity index (χ1) is 10.7. The van der Waals surface area contributed by atoms with Gasteiger partial charge in [-0.3, -0.25) is 0 Å². The van der Waals surface area contributed by atoms with E-state index in [1.54, 1.807) is 0 Å². The van der Waals surface area contributed by atoms with Crippen LogP contribution in [0.2, 0.25) is 0 Å². The zero-order chi connectivity index (χ0) is 15.8. The Morgan fingerprint density at radius 2 is 1.64 bits per heavy atom. The number of halogens is 2. The summed E-state index contributed by atoms with van der Waals surface area (Å²) >= 11 is 2.31. The van der Waals surface area contributed by atoms with Crippen LogP contribution in [0.15, 0.2) is 0 Å². The van der Waals surface area contributed by atoms with Crippen LogP contribution in [-0.2, 0) is 9.59 Å². The number of likely N-dealkylation sites (tertiary alicyclic amines) is 2. The molecular formula is C16H27I2N2O2-. The second-order valence-electron chi connectivity index (χ2n) is 6.05. The maximum absolute atomic E-state index is 12.2. The van der Waals surface area contributed by atoms with E-state index in [0.29, 0.717) is 22.2 Å². The van der Waals surface area contributed by atoms with Crippen molar-refractivity contribution in [3.8, 4) is 0 Å². The molecule has 128 valence electrons. The average Bonchev–Trinajstić information content (AvgIpc) is 2.56. The number of carbonyl (C=O) groups excluding carboxylic acids is 2.